The molecule has 0 N–H and O–H groups in total. The molecule has 0 amide bonds. The molecule has 0 atom stereocenters. The molecule has 9 heteroatoms. The van der Waals surface area contributed by atoms with Crippen LogP contribution in [0, 0.1) is 0 Å². The van der Waals surface area contributed by atoms with E-state index in [1.807, 2.05) is 0 Å². The molecule has 0 aliphatic rings. The summed E-state index contributed by atoms with van der Waals surface area (Å²) in [5, 5.41) is 0. The summed E-state index contributed by atoms with van der Waals surface area (Å²) >= 11 is 0. The van der Waals surface area contributed by atoms with Gasteiger partial charge in [-0.05, 0) is 6.66 Å². The second kappa shape index (κ2) is 2.98. The van der Waals surface area contributed by atoms with Crippen LogP contribution in [0.2, 0.25) is 0 Å². The first-order valence-corrected chi connectivity index (χ1v) is 7.41. The van der Waals surface area contributed by atoms with Crippen molar-refractivity contribution in [1.82, 2.24) is 0 Å². The van der Waals surface area contributed by atoms with Crippen LogP contribution in [0.5, 0.6) is 0 Å². The van der Waals surface area contributed by atoms with Crippen molar-refractivity contribution >= 4 is 27.9 Å². The molecule has 0 aromatic heterocycles. The van der Waals surface area contributed by atoms with E-state index in [9.17, 15) is 23.3 Å². The van der Waals surface area contributed by atoms with E-state index in [1.54, 1.807) is 0 Å². The van der Waals surface area contributed by atoms with Crippen molar-refractivity contribution < 1.29 is 23.3 Å². The van der Waals surface area contributed by atoms with Crippen molar-refractivity contribution in [3.8, 4) is 0 Å². The van der Waals surface area contributed by atoms with Crippen LogP contribution >= 0.6 is 27.9 Å². The Morgan fingerprint density at radius 3 is 1.00 bits per heavy atom. The Hall–Kier alpha value is 0.710. The summed E-state index contributed by atoms with van der Waals surface area (Å²) in [6, 6.07) is 0. The molecule has 0 bridgehead atoms. The van der Waals surface area contributed by atoms with E-state index >= 15 is 0 Å². The number of hydrogen-bond acceptors (Lipinski definition) is 0. The normalized spacial score (nSPS) is 17.6. The summed E-state index contributed by atoms with van der Waals surface area (Å²) in [6.45, 7) is 0.222. The molecule has 0 heterocycles. The van der Waals surface area contributed by atoms with Gasteiger partial charge in [-0.25, -0.2) is 0 Å². The number of halogens is 6. The zero-order chi connectivity index (χ0) is 8.58. The molecule has 0 saturated heterocycles. The monoisotopic (exact) mass is 224 g/mol. The van der Waals surface area contributed by atoms with E-state index < -0.39 is 27.9 Å². The second-order valence-electron chi connectivity index (χ2n) is 1.20. The van der Waals surface area contributed by atoms with Crippen molar-refractivity contribution in [3.05, 3.63) is 0 Å². The first-order chi connectivity index (χ1) is 4.15. The third-order valence-electron chi connectivity index (χ3n) is 0.583. The van der Waals surface area contributed by atoms with E-state index in [2.05, 4.69) is 0 Å². The lowest BCUT2D eigenvalue weighted by Crippen LogP contribution is -1.75. The van der Waals surface area contributed by atoms with E-state index in [1.165, 1.54) is 0 Å². The Balaban J connectivity index is 4.23. The second-order valence-corrected chi connectivity index (χ2v) is 10.1. The fraction of sp³-hybridized carbons (Fsp3) is 1.00. The van der Waals surface area contributed by atoms with E-state index in [-0.39, 0.29) is 6.66 Å². The van der Waals surface area contributed by atoms with Crippen LogP contribution in [0.1, 0.15) is 0 Å². The maximum absolute atomic E-state index is 11.4. The topological polar surface area (TPSA) is 0 Å². The number of rotatable bonds is 2. The van der Waals surface area contributed by atoms with E-state index in [0.29, 0.717) is 0 Å². The molecule has 0 spiro atoms. The molecular weight excluding hydrogens is 221 g/mol. The van der Waals surface area contributed by atoms with Gasteiger partial charge in [0, 0.05) is 0 Å². The Bertz CT molecular complexity index is 99.9. The highest BCUT2D eigenvalue weighted by molar-refractivity contribution is 9.01. The molecule has 0 unspecified atom stereocenters. The molecule has 10 heavy (non-hydrogen) atoms. The molecule has 0 aliphatic heterocycles. The highest BCUT2D eigenvalue weighted by atomic mass is 33.2. The van der Waals surface area contributed by atoms with Gasteiger partial charge in [0.1, 0.15) is 0 Å². The van der Waals surface area contributed by atoms with Gasteiger partial charge in [-0.3, -0.25) is 0 Å². The van der Waals surface area contributed by atoms with Gasteiger partial charge in [0.2, 0.25) is 21.6 Å². The minimum Gasteiger partial charge on any atom is -0.120 e. The van der Waals surface area contributed by atoms with Gasteiger partial charge >= 0.3 is 0 Å². The van der Waals surface area contributed by atoms with Gasteiger partial charge < -0.3 is 0 Å². The summed E-state index contributed by atoms with van der Waals surface area (Å²) < 4.78 is 68.1. The zero-order valence-electron chi connectivity index (χ0n) is 4.53. The first-order valence-electron chi connectivity index (χ1n) is 1.74. The van der Waals surface area contributed by atoms with Gasteiger partial charge in [0.05, 0.1) is 0 Å². The molecule has 0 radical (unpaired) electrons. The molecule has 0 saturated carbocycles. The van der Waals surface area contributed by atoms with Crippen LogP contribution in [0.15, 0.2) is 0 Å². The largest absolute Gasteiger partial charge is 0.240 e. The molecule has 0 nitrogen and oxygen atoms in total. The summed E-state index contributed by atoms with van der Waals surface area (Å²) in [5.41, 5.74) is 0. The summed E-state index contributed by atoms with van der Waals surface area (Å²) in [7, 11) is -11.8. The van der Waals surface area contributed by atoms with E-state index in [4.69, 9.17) is 0 Å². The average Bonchev–Trinajstić information content (AvgIpc) is 1.59. The minimum absolute atomic E-state index is 0.222. The predicted molar refractivity (Wildman–Crippen MR) is 34.7 cm³/mol. The Kier molecular flexibility index (Phi) is 3.20. The van der Waals surface area contributed by atoms with Crippen molar-refractivity contribution in [2.75, 3.05) is 6.66 Å². The Morgan fingerprint density at radius 1 is 0.800 bits per heavy atom. The Labute approximate surface area is 58.6 Å². The SMILES string of the molecule is CP(S(F)(F)F)S(F)(F)F. The van der Waals surface area contributed by atoms with Gasteiger partial charge in [0.15, 0.2) is 6.33 Å². The third kappa shape index (κ3) is 3.21. The Morgan fingerprint density at radius 2 is 1.00 bits per heavy atom. The van der Waals surface area contributed by atoms with Crippen molar-refractivity contribution in [1.29, 1.82) is 0 Å². The van der Waals surface area contributed by atoms with Crippen LogP contribution in [-0.2, 0) is 0 Å². The first kappa shape index (κ1) is 10.7. The lowest BCUT2D eigenvalue weighted by molar-refractivity contribution is 0.657. The van der Waals surface area contributed by atoms with Crippen LogP contribution < -0.4 is 0 Å². The van der Waals surface area contributed by atoms with Crippen LogP contribution in [0.4, 0.5) is 23.3 Å². The molecular formula is CH3F6PS2. The molecule has 0 fully saturated rings. The van der Waals surface area contributed by atoms with Gasteiger partial charge in [-0.1, -0.05) is 0 Å². The smallest absolute Gasteiger partial charge is 0.120 e. The lowest BCUT2D eigenvalue weighted by Gasteiger charge is -2.22. The summed E-state index contributed by atoms with van der Waals surface area (Å²) in [4.78, 5) is 0. The molecule has 0 aliphatic carbocycles. The van der Waals surface area contributed by atoms with Crippen molar-refractivity contribution in [3.63, 3.8) is 0 Å². The zero-order valence-corrected chi connectivity index (χ0v) is 7.06. The van der Waals surface area contributed by atoms with Gasteiger partial charge in [-0.15, -0.1) is 23.3 Å². The molecule has 0 rings (SSSR count). The number of hydrogen-bond donors (Lipinski definition) is 0. The molecule has 0 aromatic rings. The standard InChI is InChI=1S/CH3F6PS2/c1-8(9(2,3)4)10(5,6)7/h1H3. The third-order valence-corrected chi connectivity index (χ3v) is 8.29. The van der Waals surface area contributed by atoms with Gasteiger partial charge in [-0.2, -0.15) is 0 Å². The highest BCUT2D eigenvalue weighted by Crippen LogP contribution is 2.96. The maximum Gasteiger partial charge on any atom is 0.240 e. The average molecular weight is 224 g/mol. The fourth-order valence-electron chi connectivity index (χ4n) is 0.0958. The molecule has 66 valence electrons. The summed E-state index contributed by atoms with van der Waals surface area (Å²) in [6.07, 6.45) is -3.70. The minimum atomic E-state index is -5.88. The highest BCUT2D eigenvalue weighted by Gasteiger charge is 2.46. The van der Waals surface area contributed by atoms with Crippen LogP contribution in [-0.4, -0.2) is 6.66 Å². The van der Waals surface area contributed by atoms with Gasteiger partial charge in [0.25, 0.3) is 0 Å². The lowest BCUT2D eigenvalue weighted by atomic mass is 12.0. The van der Waals surface area contributed by atoms with E-state index in [0.717, 1.165) is 0 Å². The van der Waals surface area contributed by atoms with Crippen molar-refractivity contribution in [2.24, 2.45) is 0 Å². The predicted octanol–water partition coefficient (Wildman–Crippen LogP) is 4.84. The quantitative estimate of drug-likeness (QED) is 0.464. The van der Waals surface area contributed by atoms with Crippen LogP contribution in [0.25, 0.3) is 0 Å². The maximum atomic E-state index is 11.4. The van der Waals surface area contributed by atoms with Crippen LogP contribution in [0.3, 0.4) is 0 Å². The molecule has 0 aromatic carbocycles. The van der Waals surface area contributed by atoms with Crippen molar-refractivity contribution in [2.45, 2.75) is 0 Å². The summed E-state index contributed by atoms with van der Waals surface area (Å²) in [5.74, 6) is 0. The fourth-order valence-corrected chi connectivity index (χ4v) is 2.59.